The predicted molar refractivity (Wildman–Crippen MR) is 51.0 cm³/mol. The summed E-state index contributed by atoms with van der Waals surface area (Å²) in [4.78, 5) is -0.0862. The van der Waals surface area contributed by atoms with Gasteiger partial charge >= 0.3 is 29.6 Å². The largest absolute Gasteiger partial charge is 1.00 e. The van der Waals surface area contributed by atoms with E-state index in [1.165, 1.54) is 7.11 Å². The molecular weight excluding hydrogens is 321 g/mol. The van der Waals surface area contributed by atoms with E-state index in [0.29, 0.717) is 11.5 Å². The van der Waals surface area contributed by atoms with Crippen molar-refractivity contribution in [1.29, 1.82) is 0 Å². The number of rotatable bonds is 3. The molecule has 1 unspecified atom stereocenters. The molecular formula is C5H5BrNNaO5S2. The maximum Gasteiger partial charge on any atom is 1.00 e. The second-order valence-corrected chi connectivity index (χ2v) is 5.25. The topological polar surface area (TPSA) is 99.6 Å². The molecule has 6 nitrogen and oxygen atoms in total. The first-order valence-corrected chi connectivity index (χ1v) is 6.23. The molecule has 1 heterocycles. The summed E-state index contributed by atoms with van der Waals surface area (Å²) in [5, 5.41) is 9.13. The average Bonchev–Trinajstić information content (AvgIpc) is 2.43. The van der Waals surface area contributed by atoms with E-state index in [-0.39, 0.29) is 44.8 Å². The second-order valence-electron chi connectivity index (χ2n) is 2.22. The molecule has 0 bridgehead atoms. The molecule has 0 saturated heterocycles. The van der Waals surface area contributed by atoms with Gasteiger partial charge < -0.3 is 14.4 Å². The molecule has 0 amide bonds. The van der Waals surface area contributed by atoms with Crippen molar-refractivity contribution in [3.63, 3.8) is 0 Å². The number of aliphatic hydroxyl groups excluding tert-OH is 1. The van der Waals surface area contributed by atoms with Gasteiger partial charge in [0, 0.05) is 0 Å². The van der Waals surface area contributed by atoms with Gasteiger partial charge in [-0.25, -0.2) is 8.42 Å². The maximum absolute atomic E-state index is 10.5. The molecule has 0 aliphatic heterocycles. The summed E-state index contributed by atoms with van der Waals surface area (Å²) in [5.41, 5.74) is -2.11. The number of halogens is 1. The first-order chi connectivity index (χ1) is 6.38. The third-order valence-corrected chi connectivity index (χ3v) is 4.16. The van der Waals surface area contributed by atoms with E-state index in [1.807, 2.05) is 0 Å². The number of nitrogens with zero attached hydrogens (tertiary/aromatic N) is 1. The molecule has 0 aliphatic rings. The van der Waals surface area contributed by atoms with Crippen LogP contribution >= 0.6 is 27.5 Å². The number of hydrogen-bond donors (Lipinski definition) is 1. The predicted octanol–water partition coefficient (Wildman–Crippen LogP) is -2.55. The Balaban J connectivity index is 0.00000196. The third-order valence-electron chi connectivity index (χ3n) is 1.32. The van der Waals surface area contributed by atoms with Crippen LogP contribution in [0.25, 0.3) is 0 Å². The van der Waals surface area contributed by atoms with Gasteiger partial charge in [0.05, 0.1) is 16.5 Å². The summed E-state index contributed by atoms with van der Waals surface area (Å²) >= 11 is 3.65. The Morgan fingerprint density at radius 2 is 2.20 bits per heavy atom. The quantitative estimate of drug-likeness (QED) is 0.485. The fourth-order valence-corrected chi connectivity index (χ4v) is 3.11. The standard InChI is InChI=1S/C5H6BrNO5S2.Na/c1-12-4-2(6)3(13-7-4)5(8)14(9,10)11;/h5,8H,1H3,(H,9,10,11);/q;+1/p-1. The van der Waals surface area contributed by atoms with E-state index in [4.69, 9.17) is 9.84 Å². The van der Waals surface area contributed by atoms with Gasteiger partial charge in [0.25, 0.3) is 0 Å². The fraction of sp³-hybridized carbons (Fsp3) is 0.400. The minimum atomic E-state index is -4.78. The van der Waals surface area contributed by atoms with Crippen LogP contribution in [0.4, 0.5) is 0 Å². The average molecular weight is 326 g/mol. The monoisotopic (exact) mass is 325 g/mol. The summed E-state index contributed by atoms with van der Waals surface area (Å²) in [7, 11) is -3.45. The van der Waals surface area contributed by atoms with E-state index in [1.54, 1.807) is 0 Å². The Kier molecular flexibility index (Phi) is 6.22. The van der Waals surface area contributed by atoms with Gasteiger partial charge in [-0.15, -0.1) is 0 Å². The first kappa shape index (κ1) is 15.8. The van der Waals surface area contributed by atoms with Gasteiger partial charge in [-0.05, 0) is 27.5 Å². The van der Waals surface area contributed by atoms with E-state index in [9.17, 15) is 13.0 Å². The summed E-state index contributed by atoms with van der Waals surface area (Å²) in [6, 6.07) is 0. The molecule has 0 aromatic carbocycles. The van der Waals surface area contributed by atoms with Gasteiger partial charge in [-0.2, -0.15) is 4.37 Å². The third kappa shape index (κ3) is 3.63. The molecule has 80 valence electrons. The Morgan fingerprint density at radius 1 is 1.67 bits per heavy atom. The van der Waals surface area contributed by atoms with Gasteiger partial charge in [0.15, 0.2) is 5.44 Å². The van der Waals surface area contributed by atoms with Gasteiger partial charge in [0.1, 0.15) is 10.1 Å². The summed E-state index contributed by atoms with van der Waals surface area (Å²) in [6.45, 7) is 0. The maximum atomic E-state index is 10.5. The zero-order valence-electron chi connectivity index (χ0n) is 7.80. The van der Waals surface area contributed by atoms with Crippen LogP contribution in [-0.2, 0) is 10.1 Å². The summed E-state index contributed by atoms with van der Waals surface area (Å²) in [6.07, 6.45) is 0. The Labute approximate surface area is 121 Å². The smallest absolute Gasteiger partial charge is 0.746 e. The van der Waals surface area contributed by atoms with Gasteiger partial charge in [0.2, 0.25) is 5.88 Å². The second kappa shape index (κ2) is 5.92. The SMILES string of the molecule is COc1nsc(C(O)S(=O)(=O)[O-])c1Br.[Na+]. The molecule has 10 heteroatoms. The number of ether oxygens (including phenoxy) is 1. The zero-order valence-corrected chi connectivity index (χ0v) is 13.0. The van der Waals surface area contributed by atoms with Crippen molar-refractivity contribution in [2.75, 3.05) is 7.11 Å². The molecule has 0 radical (unpaired) electrons. The fourth-order valence-electron chi connectivity index (χ4n) is 0.688. The molecule has 1 aromatic rings. The molecule has 15 heavy (non-hydrogen) atoms. The molecule has 0 spiro atoms. The van der Waals surface area contributed by atoms with Crippen LogP contribution in [0.5, 0.6) is 5.88 Å². The molecule has 1 atom stereocenters. The number of methoxy groups -OCH3 is 1. The van der Waals surface area contributed by atoms with Gasteiger partial charge in [-0.1, -0.05) is 0 Å². The van der Waals surface area contributed by atoms with Crippen molar-refractivity contribution in [2.24, 2.45) is 0 Å². The van der Waals surface area contributed by atoms with Crippen molar-refractivity contribution in [3.05, 3.63) is 9.35 Å². The van der Waals surface area contributed by atoms with E-state index in [2.05, 4.69) is 20.3 Å². The van der Waals surface area contributed by atoms with Crippen LogP contribution in [-0.4, -0.2) is 29.6 Å². The molecule has 0 saturated carbocycles. The van der Waals surface area contributed by atoms with Crippen molar-refractivity contribution in [1.82, 2.24) is 4.37 Å². The van der Waals surface area contributed by atoms with Crippen LogP contribution in [0, 0.1) is 0 Å². The van der Waals surface area contributed by atoms with Crippen molar-refractivity contribution < 1.29 is 52.4 Å². The van der Waals surface area contributed by atoms with Crippen LogP contribution in [0.1, 0.15) is 10.3 Å². The van der Waals surface area contributed by atoms with Crippen LogP contribution < -0.4 is 34.3 Å². The molecule has 1 N–H and O–H groups in total. The minimum Gasteiger partial charge on any atom is -0.746 e. The van der Waals surface area contributed by atoms with E-state index < -0.39 is 15.6 Å². The Bertz CT molecular complexity index is 433. The first-order valence-electron chi connectivity index (χ1n) is 3.19. The minimum absolute atomic E-state index is 0. The number of aliphatic hydroxyl groups is 1. The molecule has 1 rings (SSSR count). The van der Waals surface area contributed by atoms with E-state index >= 15 is 0 Å². The van der Waals surface area contributed by atoms with Crippen molar-refractivity contribution in [2.45, 2.75) is 5.44 Å². The van der Waals surface area contributed by atoms with Crippen LogP contribution in [0.2, 0.25) is 0 Å². The van der Waals surface area contributed by atoms with Crippen LogP contribution in [0.15, 0.2) is 4.47 Å². The Morgan fingerprint density at radius 3 is 2.53 bits per heavy atom. The summed E-state index contributed by atoms with van der Waals surface area (Å²) < 4.78 is 40.1. The van der Waals surface area contributed by atoms with Crippen molar-refractivity contribution >= 4 is 37.6 Å². The Hall–Kier alpha value is 0.780. The molecule has 0 fully saturated rings. The van der Waals surface area contributed by atoms with Gasteiger partial charge in [-0.3, -0.25) is 0 Å². The number of aromatic nitrogens is 1. The molecule has 0 aliphatic carbocycles. The van der Waals surface area contributed by atoms with Crippen molar-refractivity contribution in [3.8, 4) is 5.88 Å². The summed E-state index contributed by atoms with van der Waals surface area (Å²) in [5.74, 6) is 0.132. The van der Waals surface area contributed by atoms with E-state index in [0.717, 1.165) is 0 Å². The molecule has 1 aromatic heterocycles. The zero-order chi connectivity index (χ0) is 10.9. The van der Waals surface area contributed by atoms with Crippen LogP contribution in [0.3, 0.4) is 0 Å². The normalized spacial score (nSPS) is 13.1. The number of hydrogen-bond acceptors (Lipinski definition) is 7.